The molecule has 106 valence electrons. The van der Waals surface area contributed by atoms with Gasteiger partial charge in [-0.25, -0.2) is 14.4 Å². The number of carboxylic acid groups (broad SMARTS) is 1. The first-order valence-electron chi connectivity index (χ1n) is 6.31. The molecule has 21 heavy (non-hydrogen) atoms. The van der Waals surface area contributed by atoms with Gasteiger partial charge in [0.2, 0.25) is 0 Å². The Morgan fingerprint density at radius 1 is 1.29 bits per heavy atom. The molecule has 0 saturated heterocycles. The van der Waals surface area contributed by atoms with Gasteiger partial charge in [-0.15, -0.1) is 11.3 Å². The van der Waals surface area contributed by atoms with Crippen LogP contribution >= 0.6 is 11.3 Å². The van der Waals surface area contributed by atoms with Crippen LogP contribution in [-0.2, 0) is 11.2 Å². The van der Waals surface area contributed by atoms with Crippen LogP contribution in [0.25, 0.3) is 10.2 Å². The van der Waals surface area contributed by atoms with Gasteiger partial charge in [-0.05, 0) is 29.5 Å². The lowest BCUT2D eigenvalue weighted by Crippen LogP contribution is -2.17. The number of carbonyl (C=O) groups is 1. The smallest absolute Gasteiger partial charge is 0.312 e. The minimum Gasteiger partial charge on any atom is -0.481 e. The van der Waals surface area contributed by atoms with Crippen LogP contribution < -0.4 is 0 Å². The lowest BCUT2D eigenvalue weighted by Gasteiger charge is -2.13. The largest absolute Gasteiger partial charge is 0.481 e. The average Bonchev–Trinajstić information content (AvgIpc) is 2.94. The summed E-state index contributed by atoms with van der Waals surface area (Å²) in [7, 11) is 0. The summed E-state index contributed by atoms with van der Waals surface area (Å²) in [6.45, 7) is 0. The highest BCUT2D eigenvalue weighted by Crippen LogP contribution is 2.29. The maximum absolute atomic E-state index is 13.8. The van der Waals surface area contributed by atoms with Gasteiger partial charge in [0.1, 0.15) is 22.9 Å². The quantitative estimate of drug-likeness (QED) is 0.803. The molecule has 0 radical (unpaired) electrons. The van der Waals surface area contributed by atoms with Crippen LogP contribution in [0.1, 0.15) is 17.2 Å². The summed E-state index contributed by atoms with van der Waals surface area (Å²) in [6, 6.07) is 7.99. The molecule has 0 bridgehead atoms. The predicted molar refractivity (Wildman–Crippen MR) is 77.9 cm³/mol. The molecule has 1 N–H and O–H groups in total. The van der Waals surface area contributed by atoms with E-state index in [1.807, 2.05) is 5.38 Å². The number of nitrogens with zero attached hydrogens (tertiary/aromatic N) is 2. The topological polar surface area (TPSA) is 63.1 Å². The number of halogens is 1. The number of fused-ring (bicyclic) bond motifs is 1. The van der Waals surface area contributed by atoms with Gasteiger partial charge < -0.3 is 5.11 Å². The first kappa shape index (κ1) is 13.6. The molecule has 1 atom stereocenters. The van der Waals surface area contributed by atoms with Crippen molar-refractivity contribution in [3.63, 3.8) is 0 Å². The van der Waals surface area contributed by atoms with E-state index in [2.05, 4.69) is 9.97 Å². The van der Waals surface area contributed by atoms with E-state index in [9.17, 15) is 14.3 Å². The molecule has 4 nitrogen and oxygen atoms in total. The fraction of sp³-hybridized carbons (Fsp3) is 0.133. The van der Waals surface area contributed by atoms with Crippen molar-refractivity contribution in [2.24, 2.45) is 0 Å². The minimum atomic E-state index is -1.02. The fourth-order valence-electron chi connectivity index (χ4n) is 2.27. The minimum absolute atomic E-state index is 0.0595. The summed E-state index contributed by atoms with van der Waals surface area (Å²) in [4.78, 5) is 20.6. The number of benzene rings is 1. The zero-order valence-corrected chi connectivity index (χ0v) is 11.7. The maximum Gasteiger partial charge on any atom is 0.312 e. The first-order valence-corrected chi connectivity index (χ1v) is 7.19. The predicted octanol–water partition coefficient (Wildman–Crippen LogP) is 3.24. The Bertz CT molecular complexity index is 803. The van der Waals surface area contributed by atoms with Crippen LogP contribution in [-0.4, -0.2) is 21.0 Å². The Hall–Kier alpha value is -2.34. The molecule has 0 amide bonds. The highest BCUT2D eigenvalue weighted by atomic mass is 32.1. The fourth-order valence-corrected chi connectivity index (χ4v) is 3.01. The van der Waals surface area contributed by atoms with Gasteiger partial charge in [0, 0.05) is 5.39 Å². The second kappa shape index (κ2) is 5.57. The van der Waals surface area contributed by atoms with E-state index in [0.29, 0.717) is 16.6 Å². The Morgan fingerprint density at radius 3 is 2.86 bits per heavy atom. The van der Waals surface area contributed by atoms with E-state index < -0.39 is 17.7 Å². The molecule has 0 aliphatic heterocycles. The lowest BCUT2D eigenvalue weighted by molar-refractivity contribution is -0.138. The summed E-state index contributed by atoms with van der Waals surface area (Å²) < 4.78 is 13.8. The van der Waals surface area contributed by atoms with Crippen molar-refractivity contribution in [3.05, 3.63) is 59.1 Å². The van der Waals surface area contributed by atoms with Crippen molar-refractivity contribution in [1.82, 2.24) is 9.97 Å². The number of aliphatic carboxylic acids is 1. The second-order valence-corrected chi connectivity index (χ2v) is 5.48. The van der Waals surface area contributed by atoms with E-state index in [0.717, 1.165) is 4.83 Å². The van der Waals surface area contributed by atoms with E-state index in [1.165, 1.54) is 23.7 Å². The molecule has 0 aliphatic carbocycles. The van der Waals surface area contributed by atoms with Gasteiger partial charge in [-0.2, -0.15) is 0 Å². The normalized spacial score (nSPS) is 12.4. The number of hydrogen-bond donors (Lipinski definition) is 1. The van der Waals surface area contributed by atoms with Crippen LogP contribution in [0.2, 0.25) is 0 Å². The monoisotopic (exact) mass is 302 g/mol. The third-order valence-electron chi connectivity index (χ3n) is 3.30. The Morgan fingerprint density at radius 2 is 2.10 bits per heavy atom. The van der Waals surface area contributed by atoms with Crippen LogP contribution in [0.4, 0.5) is 4.39 Å². The molecule has 3 rings (SSSR count). The number of thiophene rings is 1. The second-order valence-electron chi connectivity index (χ2n) is 4.58. The number of aromatic nitrogens is 2. The lowest BCUT2D eigenvalue weighted by atomic mass is 9.94. The van der Waals surface area contributed by atoms with Crippen molar-refractivity contribution < 1.29 is 14.3 Å². The Balaban J connectivity index is 2.05. The van der Waals surface area contributed by atoms with Crippen molar-refractivity contribution in [3.8, 4) is 0 Å². The average molecular weight is 302 g/mol. The van der Waals surface area contributed by atoms with Gasteiger partial charge >= 0.3 is 5.97 Å². The van der Waals surface area contributed by atoms with E-state index in [4.69, 9.17) is 0 Å². The van der Waals surface area contributed by atoms with Crippen molar-refractivity contribution in [2.45, 2.75) is 12.3 Å². The molecule has 0 spiro atoms. The third-order valence-corrected chi connectivity index (χ3v) is 4.12. The van der Waals surface area contributed by atoms with Crippen molar-refractivity contribution >= 4 is 27.5 Å². The van der Waals surface area contributed by atoms with Crippen LogP contribution in [0.15, 0.2) is 42.0 Å². The maximum atomic E-state index is 13.8. The molecule has 1 aromatic carbocycles. The van der Waals surface area contributed by atoms with Gasteiger partial charge in [-0.3, -0.25) is 4.79 Å². The SMILES string of the molecule is O=C(O)C(Cc1ccccc1F)c1ncnc2sccc12. The zero-order valence-electron chi connectivity index (χ0n) is 10.9. The summed E-state index contributed by atoms with van der Waals surface area (Å²) >= 11 is 1.42. The molecule has 1 unspecified atom stereocenters. The zero-order chi connectivity index (χ0) is 14.8. The highest BCUT2D eigenvalue weighted by Gasteiger charge is 2.25. The molecule has 2 heterocycles. The molecule has 2 aromatic heterocycles. The van der Waals surface area contributed by atoms with E-state index in [1.54, 1.807) is 24.3 Å². The summed E-state index contributed by atoms with van der Waals surface area (Å²) in [5.41, 5.74) is 0.795. The molecular formula is C15H11FN2O2S. The molecule has 0 fully saturated rings. The number of hydrogen-bond acceptors (Lipinski definition) is 4. The Labute approximate surface area is 123 Å². The van der Waals surface area contributed by atoms with Crippen molar-refractivity contribution in [1.29, 1.82) is 0 Å². The summed E-state index contributed by atoms with van der Waals surface area (Å²) in [6.07, 6.45) is 1.41. The number of carboxylic acids is 1. The van der Waals surface area contributed by atoms with Crippen LogP contribution in [0.3, 0.4) is 0 Å². The number of rotatable bonds is 4. The van der Waals surface area contributed by atoms with E-state index >= 15 is 0 Å². The van der Waals surface area contributed by atoms with Crippen molar-refractivity contribution in [2.75, 3.05) is 0 Å². The first-order chi connectivity index (χ1) is 10.2. The molecule has 0 saturated carbocycles. The summed E-state index contributed by atoms with van der Waals surface area (Å²) in [5.74, 6) is -2.33. The Kier molecular flexibility index (Phi) is 3.62. The van der Waals surface area contributed by atoms with E-state index in [-0.39, 0.29) is 6.42 Å². The standard InChI is InChI=1S/C15H11FN2O2S/c16-12-4-2-1-3-9(12)7-11(15(19)20)13-10-5-6-21-14(10)18-8-17-13/h1-6,8,11H,7H2,(H,19,20). The van der Waals surface area contributed by atoms with Crippen LogP contribution in [0.5, 0.6) is 0 Å². The van der Waals surface area contributed by atoms with Crippen LogP contribution in [0, 0.1) is 5.82 Å². The molecular weight excluding hydrogens is 291 g/mol. The van der Waals surface area contributed by atoms with Gasteiger partial charge in [0.05, 0.1) is 5.69 Å². The van der Waals surface area contributed by atoms with Gasteiger partial charge in [0.15, 0.2) is 0 Å². The third kappa shape index (κ3) is 2.62. The molecule has 3 aromatic rings. The van der Waals surface area contributed by atoms with Gasteiger partial charge in [0.25, 0.3) is 0 Å². The highest BCUT2D eigenvalue weighted by molar-refractivity contribution is 7.16. The van der Waals surface area contributed by atoms with Gasteiger partial charge in [-0.1, -0.05) is 18.2 Å². The summed E-state index contributed by atoms with van der Waals surface area (Å²) in [5, 5.41) is 12.0. The molecule has 0 aliphatic rings. The molecule has 6 heteroatoms.